The quantitative estimate of drug-likeness (QED) is 0.632. The smallest absolute Gasteiger partial charge is 0.235 e. The van der Waals surface area contributed by atoms with Gasteiger partial charge in [-0.2, -0.15) is 0 Å². The molecule has 0 spiro atoms. The van der Waals surface area contributed by atoms with Gasteiger partial charge >= 0.3 is 0 Å². The maximum absolute atomic E-state index is 11.6. The minimum atomic E-state index is -1.52. The predicted molar refractivity (Wildman–Crippen MR) is 117 cm³/mol. The van der Waals surface area contributed by atoms with Crippen LogP contribution in [0.15, 0.2) is 60.7 Å². The van der Waals surface area contributed by atoms with E-state index in [-0.39, 0.29) is 5.92 Å². The van der Waals surface area contributed by atoms with Gasteiger partial charge < -0.3 is 28.8 Å². The highest BCUT2D eigenvalue weighted by Gasteiger charge is 2.44. The van der Waals surface area contributed by atoms with Gasteiger partial charge in [0.15, 0.2) is 11.5 Å². The first-order valence-electron chi connectivity index (χ1n) is 9.98. The van der Waals surface area contributed by atoms with E-state index in [0.29, 0.717) is 35.0 Å². The normalized spacial score (nSPS) is 19.7. The maximum Gasteiger partial charge on any atom is 0.235 e. The summed E-state index contributed by atoms with van der Waals surface area (Å²) < 4.78 is 28.4. The largest absolute Gasteiger partial charge is 0.497 e. The van der Waals surface area contributed by atoms with Crippen LogP contribution < -0.4 is 23.7 Å². The van der Waals surface area contributed by atoms with E-state index >= 15 is 0 Å². The van der Waals surface area contributed by atoms with Crippen LogP contribution in [0.3, 0.4) is 0 Å². The first-order valence-corrected chi connectivity index (χ1v) is 9.98. The molecule has 0 unspecified atom stereocenters. The van der Waals surface area contributed by atoms with Gasteiger partial charge in [0.2, 0.25) is 11.5 Å². The lowest BCUT2D eigenvalue weighted by atomic mass is 9.80. The molecule has 162 valence electrons. The van der Waals surface area contributed by atoms with Crippen molar-refractivity contribution in [3.8, 4) is 28.7 Å². The minimum Gasteiger partial charge on any atom is -0.497 e. The number of fused-ring (bicyclic) bond motifs is 1. The van der Waals surface area contributed by atoms with Gasteiger partial charge in [-0.3, -0.25) is 0 Å². The summed E-state index contributed by atoms with van der Waals surface area (Å²) in [5.41, 5.74) is 2.46. The molecule has 3 aromatic rings. The lowest BCUT2D eigenvalue weighted by Crippen LogP contribution is -2.38. The highest BCUT2D eigenvalue weighted by atomic mass is 16.6. The Morgan fingerprint density at radius 3 is 2.10 bits per heavy atom. The number of aliphatic hydroxyl groups is 1. The molecule has 31 heavy (non-hydrogen) atoms. The second-order valence-corrected chi connectivity index (χ2v) is 7.34. The molecule has 6 heteroatoms. The van der Waals surface area contributed by atoms with Crippen molar-refractivity contribution in [2.45, 2.75) is 18.1 Å². The second-order valence-electron chi connectivity index (χ2n) is 7.34. The van der Waals surface area contributed by atoms with Gasteiger partial charge in [0.05, 0.1) is 28.4 Å². The average molecular weight is 422 g/mol. The van der Waals surface area contributed by atoms with E-state index in [9.17, 15) is 5.11 Å². The Kier molecular flexibility index (Phi) is 5.65. The fourth-order valence-corrected chi connectivity index (χ4v) is 4.17. The van der Waals surface area contributed by atoms with E-state index in [1.165, 1.54) is 0 Å². The number of rotatable bonds is 6. The van der Waals surface area contributed by atoms with Crippen molar-refractivity contribution < 1.29 is 28.8 Å². The maximum atomic E-state index is 11.6. The third-order valence-electron chi connectivity index (χ3n) is 5.68. The molecular formula is C25H26O6. The van der Waals surface area contributed by atoms with Gasteiger partial charge in [-0.05, 0) is 17.7 Å². The van der Waals surface area contributed by atoms with E-state index in [2.05, 4.69) is 0 Å². The van der Waals surface area contributed by atoms with Gasteiger partial charge in [0.1, 0.15) is 11.5 Å². The van der Waals surface area contributed by atoms with Crippen molar-refractivity contribution in [2.24, 2.45) is 0 Å². The lowest BCUT2D eigenvalue weighted by Gasteiger charge is -2.40. The van der Waals surface area contributed by atoms with Crippen LogP contribution in [0, 0.1) is 0 Å². The van der Waals surface area contributed by atoms with Crippen LogP contribution in [0.1, 0.15) is 29.0 Å². The first-order chi connectivity index (χ1) is 15.0. The van der Waals surface area contributed by atoms with Gasteiger partial charge in [-0.1, -0.05) is 42.5 Å². The van der Waals surface area contributed by atoms with Crippen LogP contribution in [0.4, 0.5) is 0 Å². The summed E-state index contributed by atoms with van der Waals surface area (Å²) in [6, 6.07) is 18.9. The molecule has 0 radical (unpaired) electrons. The fraction of sp³-hybridized carbons (Fsp3) is 0.280. The lowest BCUT2D eigenvalue weighted by molar-refractivity contribution is -0.162. The summed E-state index contributed by atoms with van der Waals surface area (Å²) in [5, 5.41) is 11.6. The molecule has 1 aliphatic heterocycles. The SMILES string of the molecule is COc1ccc([C@H]2C[C@@](O)(c3ccccc3)Oc3cc(OC)c(OC)c(OC)c32)cc1. The summed E-state index contributed by atoms with van der Waals surface area (Å²) in [6.45, 7) is 0. The molecular weight excluding hydrogens is 396 g/mol. The average Bonchev–Trinajstić information content (AvgIpc) is 2.82. The number of ether oxygens (including phenoxy) is 5. The van der Waals surface area contributed by atoms with Crippen molar-refractivity contribution >= 4 is 0 Å². The Morgan fingerprint density at radius 2 is 1.52 bits per heavy atom. The van der Waals surface area contributed by atoms with Crippen LogP contribution in [0.2, 0.25) is 0 Å². The molecule has 0 saturated carbocycles. The third-order valence-corrected chi connectivity index (χ3v) is 5.68. The minimum absolute atomic E-state index is 0.227. The zero-order valence-electron chi connectivity index (χ0n) is 18.0. The highest BCUT2D eigenvalue weighted by Crippen LogP contribution is 2.56. The molecule has 0 fully saturated rings. The van der Waals surface area contributed by atoms with Crippen molar-refractivity contribution in [1.82, 2.24) is 0 Å². The van der Waals surface area contributed by atoms with Gasteiger partial charge in [0.25, 0.3) is 0 Å². The van der Waals surface area contributed by atoms with E-state index in [0.717, 1.165) is 16.9 Å². The summed E-state index contributed by atoms with van der Waals surface area (Å²) in [7, 11) is 6.34. The highest BCUT2D eigenvalue weighted by molar-refractivity contribution is 5.65. The second kappa shape index (κ2) is 8.40. The summed E-state index contributed by atoms with van der Waals surface area (Å²) in [4.78, 5) is 0. The molecule has 1 aliphatic rings. The molecule has 2 atom stereocenters. The van der Waals surface area contributed by atoms with Crippen LogP contribution in [-0.4, -0.2) is 33.5 Å². The number of hydrogen-bond acceptors (Lipinski definition) is 6. The monoisotopic (exact) mass is 422 g/mol. The Balaban J connectivity index is 1.94. The number of hydrogen-bond donors (Lipinski definition) is 1. The van der Waals surface area contributed by atoms with E-state index < -0.39 is 5.79 Å². The van der Waals surface area contributed by atoms with Crippen LogP contribution >= 0.6 is 0 Å². The summed E-state index contributed by atoms with van der Waals surface area (Å²) in [6.07, 6.45) is 0.294. The molecule has 1 N–H and O–H groups in total. The van der Waals surface area contributed by atoms with E-state index in [1.807, 2.05) is 54.6 Å². The molecule has 3 aromatic carbocycles. The van der Waals surface area contributed by atoms with E-state index in [4.69, 9.17) is 23.7 Å². The third kappa shape index (κ3) is 3.64. The molecule has 0 aliphatic carbocycles. The van der Waals surface area contributed by atoms with Gasteiger partial charge in [-0.25, -0.2) is 0 Å². The zero-order valence-corrected chi connectivity index (χ0v) is 18.0. The van der Waals surface area contributed by atoms with Gasteiger partial charge in [0, 0.05) is 29.5 Å². The molecule has 4 rings (SSSR count). The molecule has 0 amide bonds. The van der Waals surface area contributed by atoms with Gasteiger partial charge in [-0.15, -0.1) is 0 Å². The molecule has 0 bridgehead atoms. The molecule has 6 nitrogen and oxygen atoms in total. The van der Waals surface area contributed by atoms with Crippen molar-refractivity contribution in [3.05, 3.63) is 77.4 Å². The predicted octanol–water partition coefficient (Wildman–Crippen LogP) is 4.48. The van der Waals surface area contributed by atoms with Crippen molar-refractivity contribution in [2.75, 3.05) is 28.4 Å². The molecule has 0 aromatic heterocycles. The zero-order chi connectivity index (χ0) is 22.0. The van der Waals surface area contributed by atoms with E-state index in [1.54, 1.807) is 34.5 Å². The number of benzene rings is 3. The van der Waals surface area contributed by atoms with Crippen LogP contribution in [-0.2, 0) is 5.79 Å². The summed E-state index contributed by atoms with van der Waals surface area (Å²) >= 11 is 0. The Morgan fingerprint density at radius 1 is 0.839 bits per heavy atom. The summed E-state index contributed by atoms with van der Waals surface area (Å²) in [5.74, 6) is 0.951. The topological polar surface area (TPSA) is 66.4 Å². The van der Waals surface area contributed by atoms with Crippen LogP contribution in [0.5, 0.6) is 28.7 Å². The first kappa shape index (κ1) is 20.9. The molecule has 0 saturated heterocycles. The fourth-order valence-electron chi connectivity index (χ4n) is 4.17. The Bertz CT molecular complexity index is 1050. The van der Waals surface area contributed by atoms with Crippen LogP contribution in [0.25, 0.3) is 0 Å². The number of methoxy groups -OCH3 is 4. The molecule has 1 heterocycles. The van der Waals surface area contributed by atoms with Crippen molar-refractivity contribution in [1.29, 1.82) is 0 Å². The Labute approximate surface area is 181 Å². The standard InChI is InChI=1S/C25H26O6/c1-27-18-12-10-16(11-13-18)19-15-25(26,17-8-6-5-7-9-17)31-20-14-21(28-2)23(29-3)24(30-4)22(19)20/h5-14,19,26H,15H2,1-4H3/t19-,25+/m1/s1. The Hall–Kier alpha value is -3.38. The van der Waals surface area contributed by atoms with Crippen molar-refractivity contribution in [3.63, 3.8) is 0 Å².